The van der Waals surface area contributed by atoms with Gasteiger partial charge >= 0.3 is 0 Å². The second-order valence-electron chi connectivity index (χ2n) is 4.01. The van der Waals surface area contributed by atoms with E-state index >= 15 is 0 Å². The van der Waals surface area contributed by atoms with Crippen molar-refractivity contribution in [2.24, 2.45) is 0 Å². The number of nitrogens with zero attached hydrogens (tertiary/aromatic N) is 1. The fraction of sp³-hybridized carbons (Fsp3) is 0.250. The van der Waals surface area contributed by atoms with Crippen LogP contribution in [0.25, 0.3) is 0 Å². The average molecular weight is 247 g/mol. The number of rotatable bonds is 3. The Bertz CT molecular complexity index is 497. The fourth-order valence-electron chi connectivity index (χ4n) is 1.74. The van der Waals surface area contributed by atoms with Gasteiger partial charge in [0, 0.05) is 12.8 Å². The summed E-state index contributed by atoms with van der Waals surface area (Å²) >= 11 is 0. The Kier molecular flexibility index (Phi) is 3.27. The van der Waals surface area contributed by atoms with Crippen LogP contribution in [0.1, 0.15) is 12.8 Å². The van der Waals surface area contributed by atoms with Gasteiger partial charge in [-0.25, -0.2) is 0 Å². The summed E-state index contributed by atoms with van der Waals surface area (Å²) in [6.45, 7) is -0.258. The fourth-order valence-corrected chi connectivity index (χ4v) is 1.74. The van der Waals surface area contributed by atoms with E-state index in [9.17, 15) is 14.4 Å². The first-order valence-corrected chi connectivity index (χ1v) is 5.55. The molecule has 1 aliphatic heterocycles. The molecule has 6 heteroatoms. The van der Waals surface area contributed by atoms with Gasteiger partial charge in [-0.05, 0) is 12.1 Å². The number of nitrogens with one attached hydrogen (secondary N) is 1. The van der Waals surface area contributed by atoms with E-state index in [2.05, 4.69) is 5.32 Å². The van der Waals surface area contributed by atoms with Crippen LogP contribution in [0.2, 0.25) is 0 Å². The molecule has 1 aromatic carbocycles. The van der Waals surface area contributed by atoms with Crippen molar-refractivity contribution in [3.05, 3.63) is 24.3 Å². The van der Waals surface area contributed by atoms with Crippen LogP contribution in [0.3, 0.4) is 0 Å². The average Bonchev–Trinajstić information content (AvgIpc) is 2.64. The van der Waals surface area contributed by atoms with Crippen molar-refractivity contribution in [3.8, 4) is 0 Å². The van der Waals surface area contributed by atoms with E-state index in [0.717, 1.165) is 4.90 Å². The van der Waals surface area contributed by atoms with E-state index in [-0.39, 0.29) is 31.2 Å². The van der Waals surface area contributed by atoms with Crippen LogP contribution in [0, 0.1) is 0 Å². The van der Waals surface area contributed by atoms with Crippen molar-refractivity contribution in [2.75, 3.05) is 17.6 Å². The standard InChI is InChI=1S/C12H13N3O3/c13-8-3-1-2-4-9(8)14-10(16)7-15-11(17)5-6-12(15)18/h1-4H,5-7,13H2,(H,14,16). The van der Waals surface area contributed by atoms with Crippen molar-refractivity contribution < 1.29 is 14.4 Å². The Hall–Kier alpha value is -2.37. The molecular formula is C12H13N3O3. The zero-order valence-electron chi connectivity index (χ0n) is 9.68. The normalized spacial score (nSPS) is 15.0. The van der Waals surface area contributed by atoms with Gasteiger partial charge in [0.15, 0.2) is 0 Å². The molecule has 3 N–H and O–H groups in total. The molecule has 0 spiro atoms. The monoisotopic (exact) mass is 247 g/mol. The Morgan fingerprint density at radius 2 is 1.83 bits per heavy atom. The summed E-state index contributed by atoms with van der Waals surface area (Å²) in [6.07, 6.45) is 0.360. The van der Waals surface area contributed by atoms with Crippen molar-refractivity contribution in [2.45, 2.75) is 12.8 Å². The van der Waals surface area contributed by atoms with Gasteiger partial charge in [0.1, 0.15) is 6.54 Å². The Labute approximate surface area is 104 Å². The summed E-state index contributed by atoms with van der Waals surface area (Å²) in [6, 6.07) is 6.79. The van der Waals surface area contributed by atoms with Crippen LogP contribution in [0.5, 0.6) is 0 Å². The highest BCUT2D eigenvalue weighted by Gasteiger charge is 2.30. The van der Waals surface area contributed by atoms with Gasteiger partial charge in [-0.2, -0.15) is 0 Å². The molecule has 0 bridgehead atoms. The lowest BCUT2D eigenvalue weighted by molar-refractivity contribution is -0.141. The number of imide groups is 1. The number of carbonyl (C=O) groups excluding carboxylic acids is 3. The Morgan fingerprint density at radius 3 is 2.44 bits per heavy atom. The van der Waals surface area contributed by atoms with Crippen molar-refractivity contribution >= 4 is 29.1 Å². The Morgan fingerprint density at radius 1 is 1.22 bits per heavy atom. The number of likely N-dealkylation sites (tertiary alicyclic amines) is 1. The molecule has 2 rings (SSSR count). The summed E-state index contributed by atoms with van der Waals surface area (Å²) in [7, 11) is 0. The highest BCUT2D eigenvalue weighted by Crippen LogP contribution is 2.17. The maximum Gasteiger partial charge on any atom is 0.244 e. The number of nitrogen functional groups attached to an aromatic ring is 1. The maximum absolute atomic E-state index is 11.7. The van der Waals surface area contributed by atoms with E-state index < -0.39 is 5.91 Å². The van der Waals surface area contributed by atoms with Crippen molar-refractivity contribution in [1.29, 1.82) is 0 Å². The van der Waals surface area contributed by atoms with E-state index in [4.69, 9.17) is 5.73 Å². The van der Waals surface area contributed by atoms with E-state index in [0.29, 0.717) is 11.4 Å². The third kappa shape index (κ3) is 2.48. The molecule has 0 saturated carbocycles. The van der Waals surface area contributed by atoms with E-state index in [1.165, 1.54) is 0 Å². The number of nitrogens with two attached hydrogens (primary N) is 1. The molecule has 0 radical (unpaired) electrons. The third-order valence-corrected chi connectivity index (χ3v) is 2.69. The van der Waals surface area contributed by atoms with Crippen LogP contribution >= 0.6 is 0 Å². The van der Waals surface area contributed by atoms with Gasteiger partial charge in [-0.1, -0.05) is 12.1 Å². The Balaban J connectivity index is 1.99. The molecule has 1 saturated heterocycles. The van der Waals surface area contributed by atoms with E-state index in [1.54, 1.807) is 24.3 Å². The molecule has 1 heterocycles. The van der Waals surface area contributed by atoms with Gasteiger partial charge in [0.25, 0.3) is 0 Å². The first-order chi connectivity index (χ1) is 8.58. The lowest BCUT2D eigenvalue weighted by Crippen LogP contribution is -2.36. The summed E-state index contributed by atoms with van der Waals surface area (Å²) < 4.78 is 0. The van der Waals surface area contributed by atoms with Gasteiger partial charge in [-0.15, -0.1) is 0 Å². The largest absolute Gasteiger partial charge is 0.397 e. The van der Waals surface area contributed by atoms with Crippen molar-refractivity contribution in [1.82, 2.24) is 4.90 Å². The van der Waals surface area contributed by atoms with Gasteiger partial charge in [0.05, 0.1) is 11.4 Å². The van der Waals surface area contributed by atoms with Gasteiger partial charge in [-0.3, -0.25) is 19.3 Å². The quantitative estimate of drug-likeness (QED) is 0.595. The number of anilines is 2. The molecule has 1 aromatic rings. The number of carbonyl (C=O) groups is 3. The maximum atomic E-state index is 11.7. The van der Waals surface area contributed by atoms with E-state index in [1.807, 2.05) is 0 Å². The molecule has 3 amide bonds. The molecular weight excluding hydrogens is 234 g/mol. The first kappa shape index (κ1) is 12.1. The second kappa shape index (κ2) is 4.87. The molecule has 94 valence electrons. The van der Waals surface area contributed by atoms with Crippen LogP contribution < -0.4 is 11.1 Å². The summed E-state index contributed by atoms with van der Waals surface area (Å²) in [5, 5.41) is 2.57. The molecule has 0 aliphatic carbocycles. The topological polar surface area (TPSA) is 92.5 Å². The number of hydrogen-bond acceptors (Lipinski definition) is 4. The zero-order valence-corrected chi connectivity index (χ0v) is 9.68. The predicted octanol–water partition coefficient (Wildman–Crippen LogP) is 0.356. The number of amides is 3. The lowest BCUT2D eigenvalue weighted by atomic mass is 10.2. The molecule has 1 aliphatic rings. The number of hydrogen-bond donors (Lipinski definition) is 2. The number of para-hydroxylation sites is 2. The van der Waals surface area contributed by atoms with Crippen LogP contribution in [-0.2, 0) is 14.4 Å². The van der Waals surface area contributed by atoms with Crippen molar-refractivity contribution in [3.63, 3.8) is 0 Å². The molecule has 6 nitrogen and oxygen atoms in total. The molecule has 0 aromatic heterocycles. The lowest BCUT2D eigenvalue weighted by Gasteiger charge is -2.14. The third-order valence-electron chi connectivity index (χ3n) is 2.69. The second-order valence-corrected chi connectivity index (χ2v) is 4.01. The molecule has 0 atom stereocenters. The minimum atomic E-state index is -0.434. The van der Waals surface area contributed by atoms with Gasteiger partial charge in [0.2, 0.25) is 17.7 Å². The number of benzene rings is 1. The predicted molar refractivity (Wildman–Crippen MR) is 65.4 cm³/mol. The minimum Gasteiger partial charge on any atom is -0.397 e. The summed E-state index contributed by atoms with van der Waals surface area (Å²) in [5.74, 6) is -1.05. The van der Waals surface area contributed by atoms with Crippen LogP contribution in [0.15, 0.2) is 24.3 Å². The van der Waals surface area contributed by atoms with Gasteiger partial charge < -0.3 is 11.1 Å². The minimum absolute atomic E-state index is 0.180. The molecule has 1 fully saturated rings. The SMILES string of the molecule is Nc1ccccc1NC(=O)CN1C(=O)CCC1=O. The van der Waals surface area contributed by atoms with Crippen LogP contribution in [0.4, 0.5) is 11.4 Å². The zero-order chi connectivity index (χ0) is 13.1. The molecule has 0 unspecified atom stereocenters. The summed E-state index contributed by atoms with van der Waals surface area (Å²) in [4.78, 5) is 35.3. The van der Waals surface area contributed by atoms with Crippen LogP contribution in [-0.4, -0.2) is 29.2 Å². The highest BCUT2D eigenvalue weighted by atomic mass is 16.2. The smallest absolute Gasteiger partial charge is 0.244 e. The first-order valence-electron chi connectivity index (χ1n) is 5.55. The summed E-state index contributed by atoms with van der Waals surface area (Å²) in [5.41, 5.74) is 6.58. The molecule has 18 heavy (non-hydrogen) atoms. The highest BCUT2D eigenvalue weighted by molar-refractivity contribution is 6.06.